The number of likely N-dealkylation sites (tertiary alicyclic amines) is 1. The Bertz CT molecular complexity index is 396. The number of aliphatic carboxylic acids is 1. The monoisotopic (exact) mass is 314 g/mol. The van der Waals surface area contributed by atoms with E-state index in [-0.39, 0.29) is 12.1 Å². The second-order valence-corrected chi connectivity index (χ2v) is 7.48. The lowest BCUT2D eigenvalue weighted by Crippen LogP contribution is -2.61. The fourth-order valence-electron chi connectivity index (χ4n) is 3.36. The molecule has 1 unspecified atom stereocenters. The van der Waals surface area contributed by atoms with E-state index in [0.717, 1.165) is 38.5 Å². The van der Waals surface area contributed by atoms with Crippen LogP contribution in [0, 0.1) is 0 Å². The van der Waals surface area contributed by atoms with Crippen molar-refractivity contribution in [2.75, 3.05) is 12.8 Å². The lowest BCUT2D eigenvalue weighted by molar-refractivity contribution is -0.150. The highest BCUT2D eigenvalue weighted by molar-refractivity contribution is 7.99. The van der Waals surface area contributed by atoms with Crippen molar-refractivity contribution in [3.63, 3.8) is 0 Å². The van der Waals surface area contributed by atoms with Crippen LogP contribution in [-0.4, -0.2) is 51.6 Å². The summed E-state index contributed by atoms with van der Waals surface area (Å²) in [5, 5.41) is 13.2. The van der Waals surface area contributed by atoms with E-state index in [1.165, 1.54) is 4.90 Å². The lowest BCUT2D eigenvalue weighted by Gasteiger charge is -2.42. The van der Waals surface area contributed by atoms with Crippen LogP contribution < -0.4 is 5.32 Å². The van der Waals surface area contributed by atoms with E-state index in [0.29, 0.717) is 18.2 Å². The summed E-state index contributed by atoms with van der Waals surface area (Å²) in [6.07, 6.45) is 8.67. The van der Waals surface area contributed by atoms with E-state index in [9.17, 15) is 14.7 Å². The SMILES string of the molecule is CSC1CCC(NC(=O)N2CCCCC2(C)C(=O)O)CC1. The Hall–Kier alpha value is -0.910. The zero-order chi connectivity index (χ0) is 15.5. The van der Waals surface area contributed by atoms with E-state index < -0.39 is 11.5 Å². The molecule has 6 heteroatoms. The standard InChI is InChI=1S/C15H26N2O3S/c1-15(13(18)19)9-3-4-10-17(15)14(20)16-11-5-7-12(21-2)8-6-11/h11-12H,3-10H2,1-2H3,(H,16,20)(H,18,19). The molecule has 1 atom stereocenters. The molecule has 5 nitrogen and oxygen atoms in total. The first-order valence-electron chi connectivity index (χ1n) is 7.81. The topological polar surface area (TPSA) is 69.6 Å². The van der Waals surface area contributed by atoms with Crippen molar-refractivity contribution in [1.82, 2.24) is 10.2 Å². The Kier molecular flexibility index (Phi) is 5.41. The number of nitrogens with one attached hydrogen (secondary N) is 1. The second-order valence-electron chi connectivity index (χ2n) is 6.35. The minimum absolute atomic E-state index is 0.195. The molecule has 2 amide bonds. The van der Waals surface area contributed by atoms with Crippen LogP contribution >= 0.6 is 11.8 Å². The molecule has 1 aliphatic carbocycles. The first-order chi connectivity index (χ1) is 9.97. The predicted octanol–water partition coefficient (Wildman–Crippen LogP) is 2.70. The summed E-state index contributed by atoms with van der Waals surface area (Å²) in [6, 6.07) is -0.00641. The molecule has 2 N–H and O–H groups in total. The number of carbonyl (C=O) groups is 2. The number of rotatable bonds is 3. The predicted molar refractivity (Wildman–Crippen MR) is 84.7 cm³/mol. The highest BCUT2D eigenvalue weighted by atomic mass is 32.2. The van der Waals surface area contributed by atoms with Gasteiger partial charge in [-0.1, -0.05) is 0 Å². The van der Waals surface area contributed by atoms with Gasteiger partial charge in [0.2, 0.25) is 0 Å². The molecular formula is C15H26N2O3S. The number of carbonyl (C=O) groups excluding carboxylic acids is 1. The molecule has 1 heterocycles. The number of carboxylic acid groups (broad SMARTS) is 1. The Morgan fingerprint density at radius 3 is 2.48 bits per heavy atom. The molecule has 1 saturated heterocycles. The average molecular weight is 314 g/mol. The summed E-state index contributed by atoms with van der Waals surface area (Å²) in [5.41, 5.74) is -1.06. The van der Waals surface area contributed by atoms with E-state index in [1.54, 1.807) is 6.92 Å². The highest BCUT2D eigenvalue weighted by Crippen LogP contribution is 2.30. The van der Waals surface area contributed by atoms with Gasteiger partial charge in [-0.3, -0.25) is 0 Å². The molecule has 2 rings (SSSR count). The highest BCUT2D eigenvalue weighted by Gasteiger charge is 2.44. The van der Waals surface area contributed by atoms with Crippen LogP contribution in [0.5, 0.6) is 0 Å². The van der Waals surface area contributed by atoms with Crippen molar-refractivity contribution in [1.29, 1.82) is 0 Å². The molecule has 120 valence electrons. The minimum atomic E-state index is -1.06. The maximum absolute atomic E-state index is 12.5. The molecule has 0 aromatic heterocycles. The van der Waals surface area contributed by atoms with Crippen LogP contribution in [0.2, 0.25) is 0 Å². The van der Waals surface area contributed by atoms with E-state index in [1.807, 2.05) is 11.8 Å². The molecule has 0 aromatic carbocycles. The van der Waals surface area contributed by atoms with Gasteiger partial charge in [-0.2, -0.15) is 11.8 Å². The summed E-state index contributed by atoms with van der Waals surface area (Å²) in [4.78, 5) is 25.6. The van der Waals surface area contributed by atoms with Gasteiger partial charge in [-0.05, 0) is 58.1 Å². The van der Waals surface area contributed by atoms with Crippen LogP contribution in [0.3, 0.4) is 0 Å². The largest absolute Gasteiger partial charge is 0.480 e. The van der Waals surface area contributed by atoms with Gasteiger partial charge < -0.3 is 15.3 Å². The molecule has 1 aliphatic heterocycles. The fourth-order valence-corrected chi connectivity index (χ4v) is 4.11. The Morgan fingerprint density at radius 1 is 1.24 bits per heavy atom. The van der Waals surface area contributed by atoms with Crippen molar-refractivity contribution in [2.24, 2.45) is 0 Å². The number of carboxylic acids is 1. The van der Waals surface area contributed by atoms with Crippen LogP contribution in [0.25, 0.3) is 0 Å². The molecule has 21 heavy (non-hydrogen) atoms. The molecule has 1 saturated carbocycles. The minimum Gasteiger partial charge on any atom is -0.480 e. The Labute approximate surface area is 130 Å². The zero-order valence-corrected chi connectivity index (χ0v) is 13.7. The third kappa shape index (κ3) is 3.65. The van der Waals surface area contributed by atoms with Gasteiger partial charge in [-0.25, -0.2) is 9.59 Å². The first kappa shape index (κ1) is 16.5. The number of nitrogens with zero attached hydrogens (tertiary/aromatic N) is 1. The van der Waals surface area contributed by atoms with E-state index in [2.05, 4.69) is 11.6 Å². The van der Waals surface area contributed by atoms with Crippen molar-refractivity contribution in [3.8, 4) is 0 Å². The number of piperidine rings is 1. The lowest BCUT2D eigenvalue weighted by atomic mass is 9.88. The first-order valence-corrected chi connectivity index (χ1v) is 9.10. The molecule has 0 spiro atoms. The zero-order valence-electron chi connectivity index (χ0n) is 12.9. The van der Waals surface area contributed by atoms with Crippen LogP contribution in [-0.2, 0) is 4.79 Å². The number of hydrogen-bond donors (Lipinski definition) is 2. The van der Waals surface area contributed by atoms with Gasteiger partial charge in [0.05, 0.1) is 0 Å². The number of amides is 2. The van der Waals surface area contributed by atoms with E-state index >= 15 is 0 Å². The number of hydrogen-bond acceptors (Lipinski definition) is 3. The van der Waals surface area contributed by atoms with Gasteiger partial charge in [0.25, 0.3) is 0 Å². The van der Waals surface area contributed by atoms with Crippen LogP contribution in [0.1, 0.15) is 51.9 Å². The van der Waals surface area contributed by atoms with E-state index in [4.69, 9.17) is 0 Å². The average Bonchev–Trinajstić information content (AvgIpc) is 2.48. The van der Waals surface area contributed by atoms with Crippen LogP contribution in [0.4, 0.5) is 4.79 Å². The summed E-state index contributed by atoms with van der Waals surface area (Å²) < 4.78 is 0. The Balaban J connectivity index is 1.94. The summed E-state index contributed by atoms with van der Waals surface area (Å²) in [6.45, 7) is 2.20. The van der Waals surface area contributed by atoms with Gasteiger partial charge in [0.1, 0.15) is 5.54 Å². The summed E-state index contributed by atoms with van der Waals surface area (Å²) >= 11 is 1.90. The maximum atomic E-state index is 12.5. The third-order valence-electron chi connectivity index (χ3n) is 4.93. The summed E-state index contributed by atoms with van der Waals surface area (Å²) in [5.74, 6) is -0.900. The van der Waals surface area contributed by atoms with Crippen LogP contribution in [0.15, 0.2) is 0 Å². The normalized spacial score (nSPS) is 33.5. The van der Waals surface area contributed by atoms with Gasteiger partial charge >= 0.3 is 12.0 Å². The summed E-state index contributed by atoms with van der Waals surface area (Å²) in [7, 11) is 0. The molecular weight excluding hydrogens is 288 g/mol. The van der Waals surface area contributed by atoms with Crippen molar-refractivity contribution in [2.45, 2.75) is 68.7 Å². The van der Waals surface area contributed by atoms with Gasteiger partial charge in [-0.15, -0.1) is 0 Å². The molecule has 0 radical (unpaired) electrons. The quantitative estimate of drug-likeness (QED) is 0.840. The maximum Gasteiger partial charge on any atom is 0.329 e. The molecule has 0 bridgehead atoms. The number of urea groups is 1. The van der Waals surface area contributed by atoms with Crippen molar-refractivity contribution >= 4 is 23.8 Å². The number of thioether (sulfide) groups is 1. The Morgan fingerprint density at radius 2 is 1.90 bits per heavy atom. The molecule has 2 aliphatic rings. The second kappa shape index (κ2) is 6.90. The molecule has 0 aromatic rings. The van der Waals surface area contributed by atoms with Gasteiger partial charge in [0.15, 0.2) is 0 Å². The molecule has 2 fully saturated rings. The smallest absolute Gasteiger partial charge is 0.329 e. The van der Waals surface area contributed by atoms with Gasteiger partial charge in [0, 0.05) is 17.8 Å². The fraction of sp³-hybridized carbons (Fsp3) is 0.867. The third-order valence-corrected chi connectivity index (χ3v) is 6.07. The van der Waals surface area contributed by atoms with Crippen molar-refractivity contribution < 1.29 is 14.7 Å². The van der Waals surface area contributed by atoms with Crippen molar-refractivity contribution in [3.05, 3.63) is 0 Å².